The van der Waals surface area contributed by atoms with Crippen molar-refractivity contribution in [1.29, 1.82) is 0 Å². The van der Waals surface area contributed by atoms with Crippen LogP contribution < -0.4 is 5.32 Å². The lowest BCUT2D eigenvalue weighted by Crippen LogP contribution is -2.33. The molecule has 4 nitrogen and oxygen atoms in total. The average molecular weight is 376 g/mol. The predicted molar refractivity (Wildman–Crippen MR) is 87.2 cm³/mol. The number of carbonyl (C=O) groups excluding carboxylic acids is 1. The highest BCUT2D eigenvalue weighted by molar-refractivity contribution is 9.10. The van der Waals surface area contributed by atoms with Gasteiger partial charge >= 0.3 is 6.09 Å². The fourth-order valence-corrected chi connectivity index (χ4v) is 2.08. The van der Waals surface area contributed by atoms with Crippen LogP contribution in [0.2, 0.25) is 0 Å². The van der Waals surface area contributed by atoms with Gasteiger partial charge in [0.15, 0.2) is 0 Å². The van der Waals surface area contributed by atoms with Crippen LogP contribution in [0, 0.1) is 5.82 Å². The summed E-state index contributed by atoms with van der Waals surface area (Å²) < 4.78 is 24.8. The van der Waals surface area contributed by atoms with Crippen molar-refractivity contribution in [1.82, 2.24) is 5.32 Å². The predicted octanol–water partition coefficient (Wildman–Crippen LogP) is 4.41. The maximum atomic E-state index is 13.5. The lowest BCUT2D eigenvalue weighted by Gasteiger charge is -2.19. The van der Waals surface area contributed by atoms with E-state index in [-0.39, 0.29) is 12.4 Å². The molecule has 1 amide bonds. The molecule has 1 N–H and O–H groups in total. The zero-order chi connectivity index (χ0) is 16.6. The molecular formula is C16H23BrFNO3. The first-order valence-corrected chi connectivity index (χ1v) is 8.06. The number of carbonyl (C=O) groups is 1. The Hall–Kier alpha value is -1.14. The fraction of sp³-hybridized carbons (Fsp3) is 0.562. The largest absolute Gasteiger partial charge is 0.444 e. The van der Waals surface area contributed by atoms with Crippen molar-refractivity contribution in [3.8, 4) is 0 Å². The smallest absolute Gasteiger partial charge is 0.407 e. The van der Waals surface area contributed by atoms with E-state index in [1.165, 1.54) is 6.07 Å². The Morgan fingerprint density at radius 1 is 1.32 bits per heavy atom. The molecule has 0 aliphatic rings. The van der Waals surface area contributed by atoms with Crippen molar-refractivity contribution in [3.63, 3.8) is 0 Å². The van der Waals surface area contributed by atoms with Crippen LogP contribution in [0.3, 0.4) is 0 Å². The maximum absolute atomic E-state index is 13.5. The molecule has 22 heavy (non-hydrogen) atoms. The quantitative estimate of drug-likeness (QED) is 0.718. The molecule has 0 atom stereocenters. The van der Waals surface area contributed by atoms with E-state index in [1.54, 1.807) is 12.1 Å². The van der Waals surface area contributed by atoms with Crippen molar-refractivity contribution in [2.75, 3.05) is 13.2 Å². The number of ether oxygens (including phenoxy) is 2. The molecule has 0 radical (unpaired) electrons. The zero-order valence-corrected chi connectivity index (χ0v) is 14.8. The minimum Gasteiger partial charge on any atom is -0.444 e. The van der Waals surface area contributed by atoms with Crippen LogP contribution >= 0.6 is 15.9 Å². The van der Waals surface area contributed by atoms with Gasteiger partial charge in [-0.15, -0.1) is 0 Å². The minimum atomic E-state index is -0.485. The van der Waals surface area contributed by atoms with E-state index < -0.39 is 11.7 Å². The minimum absolute atomic E-state index is 0.241. The number of alkyl carbamates (subject to hydrolysis) is 1. The van der Waals surface area contributed by atoms with Crippen LogP contribution in [0.5, 0.6) is 0 Å². The van der Waals surface area contributed by atoms with Gasteiger partial charge in [-0.2, -0.15) is 0 Å². The first-order valence-electron chi connectivity index (χ1n) is 7.26. The summed E-state index contributed by atoms with van der Waals surface area (Å²) in [6, 6.07) is 4.77. The molecule has 0 aliphatic carbocycles. The van der Waals surface area contributed by atoms with E-state index in [9.17, 15) is 9.18 Å². The van der Waals surface area contributed by atoms with Gasteiger partial charge in [0.1, 0.15) is 11.4 Å². The first-order chi connectivity index (χ1) is 10.3. The van der Waals surface area contributed by atoms with Gasteiger partial charge in [0, 0.05) is 23.2 Å². The summed E-state index contributed by atoms with van der Waals surface area (Å²) in [4.78, 5) is 11.4. The molecule has 0 saturated carbocycles. The van der Waals surface area contributed by atoms with E-state index in [2.05, 4.69) is 21.2 Å². The van der Waals surface area contributed by atoms with Crippen LogP contribution in [-0.2, 0) is 16.1 Å². The zero-order valence-electron chi connectivity index (χ0n) is 13.2. The Labute approximate surface area is 139 Å². The summed E-state index contributed by atoms with van der Waals surface area (Å²) in [5.41, 5.74) is 0.0440. The second kappa shape index (κ2) is 9.10. The molecule has 0 fully saturated rings. The number of unbranched alkanes of at least 4 members (excludes halogenated alkanes) is 1. The fourth-order valence-electron chi connectivity index (χ4n) is 1.67. The number of amides is 1. The molecule has 1 aromatic rings. The van der Waals surface area contributed by atoms with Crippen LogP contribution in [0.4, 0.5) is 9.18 Å². The van der Waals surface area contributed by atoms with E-state index in [0.717, 1.165) is 17.3 Å². The molecule has 0 spiro atoms. The molecule has 6 heteroatoms. The Morgan fingerprint density at radius 3 is 2.73 bits per heavy atom. The third-order valence-corrected chi connectivity index (χ3v) is 3.14. The van der Waals surface area contributed by atoms with Crippen molar-refractivity contribution in [2.24, 2.45) is 0 Å². The van der Waals surface area contributed by atoms with Crippen LogP contribution in [0.15, 0.2) is 22.7 Å². The van der Waals surface area contributed by atoms with Gasteiger partial charge in [-0.3, -0.25) is 0 Å². The molecule has 1 rings (SSSR count). The molecule has 0 heterocycles. The third-order valence-electron chi connectivity index (χ3n) is 2.65. The first kappa shape index (κ1) is 18.9. The Kier molecular flexibility index (Phi) is 7.82. The summed E-state index contributed by atoms with van der Waals surface area (Å²) in [6.45, 7) is 6.75. The van der Waals surface area contributed by atoms with Crippen LogP contribution in [0.25, 0.3) is 0 Å². The SMILES string of the molecule is CC(C)(C)OC(=O)NCCCCOCc1cc(Br)ccc1F. The molecular weight excluding hydrogens is 353 g/mol. The second-order valence-corrected chi connectivity index (χ2v) is 6.84. The number of rotatable bonds is 7. The van der Waals surface area contributed by atoms with E-state index in [0.29, 0.717) is 18.7 Å². The second-order valence-electron chi connectivity index (χ2n) is 5.92. The van der Waals surface area contributed by atoms with Gasteiger partial charge < -0.3 is 14.8 Å². The summed E-state index contributed by atoms with van der Waals surface area (Å²) in [7, 11) is 0. The lowest BCUT2D eigenvalue weighted by molar-refractivity contribution is 0.0524. The van der Waals surface area contributed by atoms with Gasteiger partial charge in [0.05, 0.1) is 6.61 Å². The molecule has 124 valence electrons. The van der Waals surface area contributed by atoms with Gasteiger partial charge in [0.2, 0.25) is 0 Å². The highest BCUT2D eigenvalue weighted by Gasteiger charge is 2.15. The van der Waals surface area contributed by atoms with Crippen molar-refractivity contribution < 1.29 is 18.7 Å². The molecule has 0 saturated heterocycles. The number of hydrogen-bond acceptors (Lipinski definition) is 3. The average Bonchev–Trinajstić information content (AvgIpc) is 2.39. The monoisotopic (exact) mass is 375 g/mol. The Morgan fingerprint density at radius 2 is 2.05 bits per heavy atom. The highest BCUT2D eigenvalue weighted by atomic mass is 79.9. The van der Waals surface area contributed by atoms with Crippen LogP contribution in [-0.4, -0.2) is 24.8 Å². The Bertz CT molecular complexity index is 489. The van der Waals surface area contributed by atoms with E-state index >= 15 is 0 Å². The molecule has 1 aromatic carbocycles. The topological polar surface area (TPSA) is 47.6 Å². The highest BCUT2D eigenvalue weighted by Crippen LogP contribution is 2.16. The van der Waals surface area contributed by atoms with Gasteiger partial charge in [-0.1, -0.05) is 15.9 Å². The van der Waals surface area contributed by atoms with Crippen molar-refractivity contribution >= 4 is 22.0 Å². The van der Waals surface area contributed by atoms with Crippen molar-refractivity contribution in [3.05, 3.63) is 34.1 Å². The van der Waals surface area contributed by atoms with Crippen LogP contribution in [0.1, 0.15) is 39.2 Å². The number of nitrogens with one attached hydrogen (secondary N) is 1. The van der Waals surface area contributed by atoms with E-state index in [1.807, 2.05) is 20.8 Å². The van der Waals surface area contributed by atoms with Gasteiger partial charge in [-0.25, -0.2) is 9.18 Å². The van der Waals surface area contributed by atoms with Gasteiger partial charge in [-0.05, 0) is 51.8 Å². The lowest BCUT2D eigenvalue weighted by atomic mass is 10.2. The molecule has 0 aromatic heterocycles. The van der Waals surface area contributed by atoms with Gasteiger partial charge in [0.25, 0.3) is 0 Å². The summed E-state index contributed by atoms with van der Waals surface area (Å²) in [5.74, 6) is -0.269. The summed E-state index contributed by atoms with van der Waals surface area (Å²) in [6.07, 6.45) is 1.15. The van der Waals surface area contributed by atoms with E-state index in [4.69, 9.17) is 9.47 Å². The summed E-state index contributed by atoms with van der Waals surface area (Å²) in [5, 5.41) is 2.68. The van der Waals surface area contributed by atoms with Crippen molar-refractivity contribution in [2.45, 2.75) is 45.8 Å². The molecule has 0 bridgehead atoms. The number of hydrogen-bond donors (Lipinski definition) is 1. The third kappa shape index (κ3) is 8.34. The summed E-state index contributed by atoms with van der Waals surface area (Å²) >= 11 is 3.30. The normalized spacial score (nSPS) is 11.3. The number of benzene rings is 1. The standard InChI is InChI=1S/C16H23BrFNO3/c1-16(2,3)22-15(20)19-8-4-5-9-21-11-12-10-13(17)6-7-14(12)18/h6-7,10H,4-5,8-9,11H2,1-3H3,(H,19,20). The number of halogens is 2. The Balaban J connectivity index is 2.09. The maximum Gasteiger partial charge on any atom is 0.407 e. The molecule has 0 unspecified atom stereocenters. The molecule has 0 aliphatic heterocycles.